The predicted octanol–water partition coefficient (Wildman–Crippen LogP) is 6.04. The van der Waals surface area contributed by atoms with Gasteiger partial charge in [-0.25, -0.2) is 19.3 Å². The van der Waals surface area contributed by atoms with E-state index in [1.807, 2.05) is 32.9 Å². The molecule has 1 unspecified atom stereocenters. The van der Waals surface area contributed by atoms with E-state index in [9.17, 15) is 28.8 Å². The second kappa shape index (κ2) is 16.1. The Morgan fingerprint density at radius 2 is 1.38 bits per heavy atom. The monoisotopic (exact) mass is 727 g/mol. The van der Waals surface area contributed by atoms with Gasteiger partial charge in [0.25, 0.3) is 5.91 Å². The summed E-state index contributed by atoms with van der Waals surface area (Å²) < 4.78 is 16.5. The summed E-state index contributed by atoms with van der Waals surface area (Å²) in [4.78, 5) is 81.8. The van der Waals surface area contributed by atoms with Crippen LogP contribution in [0.15, 0.2) is 18.2 Å². The molecule has 1 aromatic rings. The predicted molar refractivity (Wildman–Crippen MR) is 194 cm³/mol. The second-order valence-electron chi connectivity index (χ2n) is 16.9. The lowest BCUT2D eigenvalue weighted by Gasteiger charge is -2.40. The first-order chi connectivity index (χ1) is 24.1. The van der Waals surface area contributed by atoms with E-state index in [4.69, 9.17) is 14.2 Å². The number of piperidine rings is 1. The van der Waals surface area contributed by atoms with Crippen molar-refractivity contribution in [1.29, 1.82) is 0 Å². The molecular formula is C38H57N5O9. The number of hydrogen-bond acceptors (Lipinski definition) is 10. The van der Waals surface area contributed by atoms with Crippen molar-refractivity contribution in [3.05, 3.63) is 29.3 Å². The molecule has 14 nitrogen and oxygen atoms in total. The topological polar surface area (TPSA) is 164 Å². The fourth-order valence-corrected chi connectivity index (χ4v) is 6.79. The highest BCUT2D eigenvalue weighted by atomic mass is 16.6. The molecule has 2 heterocycles. The van der Waals surface area contributed by atoms with Crippen LogP contribution in [-0.2, 0) is 30.3 Å². The number of nitrogens with zero attached hydrogens (tertiary/aromatic N) is 3. The van der Waals surface area contributed by atoms with Gasteiger partial charge in [0.1, 0.15) is 22.8 Å². The van der Waals surface area contributed by atoms with E-state index >= 15 is 0 Å². The molecular weight excluding hydrogens is 670 g/mol. The molecule has 1 saturated heterocycles. The zero-order chi connectivity index (χ0) is 38.6. The Bertz CT molecular complexity index is 1490. The third-order valence-electron chi connectivity index (χ3n) is 8.98. The first-order valence-corrected chi connectivity index (χ1v) is 18.4. The maximum Gasteiger partial charge on any atom is 0.419 e. The zero-order valence-electron chi connectivity index (χ0n) is 32.3. The van der Waals surface area contributed by atoms with Gasteiger partial charge >= 0.3 is 18.3 Å². The van der Waals surface area contributed by atoms with Gasteiger partial charge in [-0.3, -0.25) is 19.7 Å². The Kier molecular flexibility index (Phi) is 12.5. The fraction of sp³-hybridized carbons (Fsp3) is 0.684. The van der Waals surface area contributed by atoms with Crippen LogP contribution >= 0.6 is 0 Å². The van der Waals surface area contributed by atoms with Crippen molar-refractivity contribution in [1.82, 2.24) is 20.4 Å². The first-order valence-electron chi connectivity index (χ1n) is 18.4. The normalized spacial score (nSPS) is 20.8. The average molecular weight is 728 g/mol. The standard InChI is InChI=1S/C38H57N5O9/c1-36(2,3)50-33(47)39-24-15-17-25(18-16-24)41(21-10-11-22-42(34(48)51-37(4,5)6)35(49)52-38(7,8)9)28-14-12-13-26-27(28)23-43(32(26)46)29-19-20-30(44)40-31(29)45/h12-14,24-25,29H,10-11,15-23H2,1-9H3,(H,39,47)(H,40,44,45). The largest absolute Gasteiger partial charge is 0.444 e. The molecule has 0 radical (unpaired) electrons. The number of rotatable bonds is 9. The maximum absolute atomic E-state index is 13.7. The number of alkyl carbamates (subject to hydrolysis) is 1. The number of carbonyl (C=O) groups is 6. The van der Waals surface area contributed by atoms with Gasteiger partial charge in [-0.2, -0.15) is 0 Å². The molecule has 288 valence electrons. The highest BCUT2D eigenvalue weighted by Crippen LogP contribution is 2.37. The number of hydrogen-bond donors (Lipinski definition) is 2. The Labute approximate surface area is 307 Å². The number of amides is 6. The molecule has 2 N–H and O–H groups in total. The van der Waals surface area contributed by atoms with Crippen molar-refractivity contribution in [3.8, 4) is 0 Å². The molecule has 0 bridgehead atoms. The van der Waals surface area contributed by atoms with Crippen molar-refractivity contribution in [2.45, 2.75) is 155 Å². The number of carbonyl (C=O) groups excluding carboxylic acids is 6. The minimum atomic E-state index is -0.807. The quantitative estimate of drug-likeness (QED) is 0.174. The van der Waals surface area contributed by atoms with Gasteiger partial charge in [0.05, 0.1) is 0 Å². The highest BCUT2D eigenvalue weighted by Gasteiger charge is 2.41. The Hall–Kier alpha value is -4.36. The molecule has 52 heavy (non-hydrogen) atoms. The molecule has 1 saturated carbocycles. The summed E-state index contributed by atoms with van der Waals surface area (Å²) in [5.74, 6) is -1.06. The van der Waals surface area contributed by atoms with Crippen molar-refractivity contribution < 1.29 is 43.0 Å². The summed E-state index contributed by atoms with van der Waals surface area (Å²) in [6.45, 7) is 16.7. The van der Waals surface area contributed by atoms with E-state index in [1.54, 1.807) is 52.5 Å². The van der Waals surface area contributed by atoms with E-state index in [0.29, 0.717) is 24.9 Å². The number of unbranched alkanes of at least 4 members (excludes halogenated alkanes) is 1. The van der Waals surface area contributed by atoms with Gasteiger partial charge in [-0.1, -0.05) is 6.07 Å². The molecule has 1 aromatic carbocycles. The summed E-state index contributed by atoms with van der Waals surface area (Å²) in [7, 11) is 0. The van der Waals surface area contributed by atoms with Crippen LogP contribution in [0.4, 0.5) is 20.1 Å². The van der Waals surface area contributed by atoms with E-state index in [1.165, 1.54) is 0 Å². The number of nitrogens with one attached hydrogen (secondary N) is 2. The zero-order valence-corrected chi connectivity index (χ0v) is 32.3. The van der Waals surface area contributed by atoms with Crippen molar-refractivity contribution in [3.63, 3.8) is 0 Å². The van der Waals surface area contributed by atoms with Crippen molar-refractivity contribution >= 4 is 41.7 Å². The van der Waals surface area contributed by atoms with Gasteiger partial charge in [-0.15, -0.1) is 0 Å². The molecule has 14 heteroatoms. The Balaban J connectivity index is 1.54. The molecule has 2 fully saturated rings. The van der Waals surface area contributed by atoms with Crippen molar-refractivity contribution in [2.24, 2.45) is 0 Å². The maximum atomic E-state index is 13.7. The number of anilines is 1. The number of ether oxygens (including phenoxy) is 3. The van der Waals surface area contributed by atoms with Crippen LogP contribution < -0.4 is 15.5 Å². The smallest absolute Gasteiger partial charge is 0.419 e. The molecule has 1 atom stereocenters. The van der Waals surface area contributed by atoms with Crippen LogP contribution in [0.5, 0.6) is 0 Å². The van der Waals surface area contributed by atoms with E-state index in [0.717, 1.165) is 41.8 Å². The molecule has 2 aliphatic heterocycles. The van der Waals surface area contributed by atoms with Gasteiger partial charge in [0.15, 0.2) is 0 Å². The van der Waals surface area contributed by atoms with E-state index < -0.39 is 47.0 Å². The van der Waals surface area contributed by atoms with Crippen LogP contribution in [0.2, 0.25) is 0 Å². The second-order valence-corrected chi connectivity index (χ2v) is 16.9. The summed E-state index contributed by atoms with van der Waals surface area (Å²) in [5.41, 5.74) is -0.00626. The molecule has 1 aliphatic carbocycles. The Morgan fingerprint density at radius 3 is 1.94 bits per heavy atom. The first kappa shape index (κ1) is 40.4. The molecule has 3 aliphatic rings. The third kappa shape index (κ3) is 11.1. The minimum absolute atomic E-state index is 0.0461. The Morgan fingerprint density at radius 1 is 0.808 bits per heavy atom. The minimum Gasteiger partial charge on any atom is -0.444 e. The lowest BCUT2D eigenvalue weighted by atomic mass is 9.89. The highest BCUT2D eigenvalue weighted by molar-refractivity contribution is 6.06. The van der Waals surface area contributed by atoms with Crippen LogP contribution in [-0.4, -0.2) is 93.8 Å². The molecule has 4 rings (SSSR count). The lowest BCUT2D eigenvalue weighted by molar-refractivity contribution is -0.136. The molecule has 0 spiro atoms. The summed E-state index contributed by atoms with van der Waals surface area (Å²) in [5, 5.41) is 5.37. The number of fused-ring (bicyclic) bond motifs is 1. The summed E-state index contributed by atoms with van der Waals surface area (Å²) in [6.07, 6.45) is 2.46. The van der Waals surface area contributed by atoms with Crippen LogP contribution in [0.25, 0.3) is 0 Å². The van der Waals surface area contributed by atoms with Crippen molar-refractivity contribution in [2.75, 3.05) is 18.0 Å². The SMILES string of the molecule is CC(C)(C)OC(=O)NC1CCC(N(CCCCN(C(=O)OC(C)(C)C)C(=O)OC(C)(C)C)c2cccc3c2CN(C2CCC(=O)NC2=O)C3=O)CC1. The van der Waals surface area contributed by atoms with Gasteiger partial charge in [-0.05, 0) is 119 Å². The average Bonchev–Trinajstić information content (AvgIpc) is 3.33. The lowest BCUT2D eigenvalue weighted by Crippen LogP contribution is -2.52. The van der Waals surface area contributed by atoms with Crippen LogP contribution in [0.3, 0.4) is 0 Å². The van der Waals surface area contributed by atoms with E-state index in [2.05, 4.69) is 15.5 Å². The van der Waals surface area contributed by atoms with Gasteiger partial charge in [0.2, 0.25) is 11.8 Å². The summed E-state index contributed by atoms with van der Waals surface area (Å²) >= 11 is 0. The molecule has 0 aromatic heterocycles. The fourth-order valence-electron chi connectivity index (χ4n) is 6.79. The number of imide groups is 2. The summed E-state index contributed by atoms with van der Waals surface area (Å²) in [6, 6.07) is 4.88. The van der Waals surface area contributed by atoms with Gasteiger partial charge in [0, 0.05) is 55.0 Å². The number of benzene rings is 1. The van der Waals surface area contributed by atoms with Crippen LogP contribution in [0.1, 0.15) is 130 Å². The van der Waals surface area contributed by atoms with Crippen LogP contribution in [0, 0.1) is 0 Å². The van der Waals surface area contributed by atoms with Gasteiger partial charge < -0.3 is 29.3 Å². The van der Waals surface area contributed by atoms with E-state index in [-0.39, 0.29) is 49.8 Å². The third-order valence-corrected chi connectivity index (χ3v) is 8.98. The molecule has 6 amide bonds.